The predicted octanol–water partition coefficient (Wildman–Crippen LogP) is 5.08. The number of carbonyl (C=O) groups excluding carboxylic acids is 1. The van der Waals surface area contributed by atoms with E-state index < -0.39 is 17.6 Å². The Morgan fingerprint density at radius 3 is 2.65 bits per heavy atom. The van der Waals surface area contributed by atoms with Crippen LogP contribution in [0.3, 0.4) is 0 Å². The number of hydrogen-bond donors (Lipinski definition) is 1. The summed E-state index contributed by atoms with van der Waals surface area (Å²) in [7, 11) is 0. The minimum Gasteiger partial charge on any atom is -0.321 e. The summed E-state index contributed by atoms with van der Waals surface area (Å²) in [5, 5.41) is 13.1. The molecule has 0 saturated carbocycles. The van der Waals surface area contributed by atoms with E-state index in [1.165, 1.54) is 29.5 Å². The quantitative estimate of drug-likeness (QED) is 0.577. The van der Waals surface area contributed by atoms with Gasteiger partial charge in [-0.05, 0) is 57.2 Å². The minimum atomic E-state index is -4.50. The molecular formula is C15H8BrF3N2OS. The van der Waals surface area contributed by atoms with E-state index in [0.717, 1.165) is 15.9 Å². The maximum Gasteiger partial charge on any atom is 0.416 e. The molecule has 1 heterocycles. The Bertz CT molecular complexity index is 806. The molecule has 0 fully saturated rings. The average Bonchev–Trinajstić information content (AvgIpc) is 2.89. The van der Waals surface area contributed by atoms with Gasteiger partial charge in [-0.15, -0.1) is 11.3 Å². The van der Waals surface area contributed by atoms with Gasteiger partial charge in [-0.3, -0.25) is 4.79 Å². The lowest BCUT2D eigenvalue weighted by Crippen LogP contribution is -2.14. The molecule has 2 aromatic rings. The van der Waals surface area contributed by atoms with Crippen LogP contribution in [0.1, 0.15) is 11.1 Å². The van der Waals surface area contributed by atoms with Crippen LogP contribution in [0.5, 0.6) is 0 Å². The Morgan fingerprint density at radius 2 is 2.09 bits per heavy atom. The monoisotopic (exact) mass is 400 g/mol. The molecule has 0 aliphatic carbocycles. The highest BCUT2D eigenvalue weighted by atomic mass is 79.9. The van der Waals surface area contributed by atoms with Gasteiger partial charge in [-0.1, -0.05) is 6.07 Å². The molecule has 23 heavy (non-hydrogen) atoms. The zero-order valence-electron chi connectivity index (χ0n) is 11.3. The van der Waals surface area contributed by atoms with Crippen molar-refractivity contribution in [1.82, 2.24) is 0 Å². The fourth-order valence-electron chi connectivity index (χ4n) is 1.69. The Kier molecular flexibility index (Phi) is 5.23. The van der Waals surface area contributed by atoms with E-state index in [0.29, 0.717) is 5.56 Å². The molecule has 0 radical (unpaired) electrons. The Hall–Kier alpha value is -2.11. The molecule has 0 spiro atoms. The molecule has 1 aromatic heterocycles. The average molecular weight is 401 g/mol. The van der Waals surface area contributed by atoms with Crippen LogP contribution in [-0.4, -0.2) is 5.91 Å². The van der Waals surface area contributed by atoms with Crippen molar-refractivity contribution in [2.24, 2.45) is 0 Å². The van der Waals surface area contributed by atoms with E-state index in [9.17, 15) is 18.0 Å². The molecule has 0 saturated heterocycles. The molecule has 118 valence electrons. The number of benzene rings is 1. The van der Waals surface area contributed by atoms with E-state index in [1.54, 1.807) is 17.5 Å². The van der Waals surface area contributed by atoms with Crippen molar-refractivity contribution in [1.29, 1.82) is 5.26 Å². The Balaban J connectivity index is 2.21. The zero-order chi connectivity index (χ0) is 17.0. The maximum atomic E-state index is 12.6. The third-order valence-corrected chi connectivity index (χ3v) is 4.23. The lowest BCUT2D eigenvalue weighted by molar-refractivity contribution is -0.137. The molecule has 3 nitrogen and oxygen atoms in total. The molecule has 2 rings (SSSR count). The van der Waals surface area contributed by atoms with Gasteiger partial charge in [0.1, 0.15) is 11.6 Å². The second kappa shape index (κ2) is 6.98. The molecule has 0 aliphatic heterocycles. The first kappa shape index (κ1) is 17.2. The number of amides is 1. The number of rotatable bonds is 3. The SMILES string of the molecule is N#C/C(=C\c1csc(Br)c1)C(=O)Nc1cccc(C(F)(F)F)c1. The summed E-state index contributed by atoms with van der Waals surface area (Å²) >= 11 is 4.64. The van der Waals surface area contributed by atoms with Gasteiger partial charge in [0, 0.05) is 5.69 Å². The van der Waals surface area contributed by atoms with Crippen LogP contribution in [0.4, 0.5) is 18.9 Å². The summed E-state index contributed by atoms with van der Waals surface area (Å²) in [6.45, 7) is 0. The van der Waals surface area contributed by atoms with Crippen molar-refractivity contribution in [3.63, 3.8) is 0 Å². The van der Waals surface area contributed by atoms with Crippen molar-refractivity contribution in [3.05, 3.63) is 56.2 Å². The van der Waals surface area contributed by atoms with Crippen molar-refractivity contribution >= 4 is 44.9 Å². The number of hydrogen-bond acceptors (Lipinski definition) is 3. The van der Waals surface area contributed by atoms with Gasteiger partial charge in [-0.25, -0.2) is 0 Å². The summed E-state index contributed by atoms with van der Waals surface area (Å²) in [5.74, 6) is -0.769. The van der Waals surface area contributed by atoms with Gasteiger partial charge in [0.05, 0.1) is 9.35 Å². The van der Waals surface area contributed by atoms with Gasteiger partial charge < -0.3 is 5.32 Å². The highest BCUT2D eigenvalue weighted by Crippen LogP contribution is 2.30. The summed E-state index contributed by atoms with van der Waals surface area (Å²) in [6, 6.07) is 7.69. The van der Waals surface area contributed by atoms with Crippen molar-refractivity contribution in [2.45, 2.75) is 6.18 Å². The summed E-state index contributed by atoms with van der Waals surface area (Å²) in [4.78, 5) is 12.0. The first-order valence-electron chi connectivity index (χ1n) is 6.14. The van der Waals surface area contributed by atoms with Crippen molar-refractivity contribution in [2.75, 3.05) is 5.32 Å². The van der Waals surface area contributed by atoms with Crippen molar-refractivity contribution in [3.8, 4) is 6.07 Å². The van der Waals surface area contributed by atoms with Crippen LogP contribution in [0, 0.1) is 11.3 Å². The van der Waals surface area contributed by atoms with E-state index in [4.69, 9.17) is 5.26 Å². The molecule has 0 unspecified atom stereocenters. The number of nitrogens with zero attached hydrogens (tertiary/aromatic N) is 1. The van der Waals surface area contributed by atoms with Gasteiger partial charge in [0.15, 0.2) is 0 Å². The van der Waals surface area contributed by atoms with E-state index >= 15 is 0 Å². The van der Waals surface area contributed by atoms with Gasteiger partial charge in [-0.2, -0.15) is 18.4 Å². The van der Waals surface area contributed by atoms with Crippen LogP contribution >= 0.6 is 27.3 Å². The number of carbonyl (C=O) groups is 1. The second-order valence-corrected chi connectivity index (χ2v) is 6.68. The third kappa shape index (κ3) is 4.68. The normalized spacial score (nSPS) is 11.9. The fourth-order valence-corrected chi connectivity index (χ4v) is 2.82. The first-order valence-corrected chi connectivity index (χ1v) is 7.81. The molecule has 0 atom stereocenters. The number of alkyl halides is 3. The minimum absolute atomic E-state index is 0.0301. The van der Waals surface area contributed by atoms with Gasteiger partial charge in [0.2, 0.25) is 0 Å². The smallest absolute Gasteiger partial charge is 0.321 e. The molecule has 0 bridgehead atoms. The largest absolute Gasteiger partial charge is 0.416 e. The zero-order valence-corrected chi connectivity index (χ0v) is 13.7. The number of nitrogens with one attached hydrogen (secondary N) is 1. The van der Waals surface area contributed by atoms with Crippen LogP contribution in [0.2, 0.25) is 0 Å². The summed E-state index contributed by atoms with van der Waals surface area (Å²) < 4.78 is 38.8. The number of halogens is 4. The highest BCUT2D eigenvalue weighted by Gasteiger charge is 2.30. The topological polar surface area (TPSA) is 52.9 Å². The van der Waals surface area contributed by atoms with Crippen molar-refractivity contribution < 1.29 is 18.0 Å². The van der Waals surface area contributed by atoms with E-state index in [-0.39, 0.29) is 11.3 Å². The lowest BCUT2D eigenvalue weighted by atomic mass is 10.1. The fraction of sp³-hybridized carbons (Fsp3) is 0.0667. The van der Waals surface area contributed by atoms with Crippen LogP contribution in [0.25, 0.3) is 6.08 Å². The summed E-state index contributed by atoms with van der Waals surface area (Å²) in [6.07, 6.45) is -3.14. The Morgan fingerprint density at radius 1 is 1.35 bits per heavy atom. The standard InChI is InChI=1S/C15H8BrF3N2OS/c16-13-5-9(8-23-13)4-10(7-20)14(22)21-12-3-1-2-11(6-12)15(17,18)19/h1-6,8H,(H,21,22)/b10-4+. The number of nitriles is 1. The second-order valence-electron chi connectivity index (χ2n) is 4.39. The van der Waals surface area contributed by atoms with Gasteiger partial charge in [0.25, 0.3) is 5.91 Å². The molecule has 0 aliphatic rings. The Labute approximate surface area is 142 Å². The molecule has 1 aromatic carbocycles. The summed E-state index contributed by atoms with van der Waals surface area (Å²) in [5.41, 5.74) is -0.456. The molecule has 1 amide bonds. The maximum absolute atomic E-state index is 12.6. The van der Waals surface area contributed by atoms with E-state index in [2.05, 4.69) is 21.2 Å². The molecule has 1 N–H and O–H groups in total. The first-order chi connectivity index (χ1) is 10.8. The predicted molar refractivity (Wildman–Crippen MR) is 85.7 cm³/mol. The van der Waals surface area contributed by atoms with Crippen LogP contribution in [0.15, 0.2) is 45.1 Å². The molecular weight excluding hydrogens is 393 g/mol. The van der Waals surface area contributed by atoms with Crippen LogP contribution < -0.4 is 5.32 Å². The van der Waals surface area contributed by atoms with Crippen LogP contribution in [-0.2, 0) is 11.0 Å². The third-order valence-electron chi connectivity index (χ3n) is 2.71. The molecule has 8 heteroatoms. The van der Waals surface area contributed by atoms with E-state index in [1.807, 2.05) is 0 Å². The number of thiophene rings is 1. The lowest BCUT2D eigenvalue weighted by Gasteiger charge is -2.09. The number of anilines is 1. The highest BCUT2D eigenvalue weighted by molar-refractivity contribution is 9.11. The van der Waals surface area contributed by atoms with Gasteiger partial charge >= 0.3 is 6.18 Å².